The molecular weight excluding hydrogens is 220 g/mol. The molecule has 2 heterocycles. The van der Waals surface area contributed by atoms with Crippen molar-refractivity contribution in [2.24, 2.45) is 0 Å². The zero-order valence-corrected chi connectivity index (χ0v) is 10.8. The Hall–Kier alpha value is -0.480. The third-order valence-corrected chi connectivity index (χ3v) is 4.77. The highest BCUT2D eigenvalue weighted by Crippen LogP contribution is 2.37. The minimum atomic E-state index is -0.554. The molecule has 0 spiro atoms. The van der Waals surface area contributed by atoms with Crippen LogP contribution in [0, 0.1) is 0 Å². The van der Waals surface area contributed by atoms with Crippen molar-refractivity contribution >= 4 is 11.8 Å². The molecule has 0 aromatic carbocycles. The van der Waals surface area contributed by atoms with Crippen LogP contribution in [0.3, 0.4) is 0 Å². The second-order valence-electron chi connectivity index (χ2n) is 4.58. The van der Waals surface area contributed by atoms with E-state index >= 15 is 0 Å². The minimum absolute atomic E-state index is 0.319. The van der Waals surface area contributed by atoms with Crippen LogP contribution < -0.4 is 0 Å². The van der Waals surface area contributed by atoms with Crippen LogP contribution in [0.2, 0.25) is 0 Å². The lowest BCUT2D eigenvalue weighted by atomic mass is 9.93. The van der Waals surface area contributed by atoms with E-state index in [0.29, 0.717) is 11.7 Å². The largest absolute Gasteiger partial charge is 0.388 e. The van der Waals surface area contributed by atoms with Crippen LogP contribution in [-0.4, -0.2) is 31.3 Å². The van der Waals surface area contributed by atoms with Crippen LogP contribution in [0.15, 0.2) is 12.4 Å². The molecule has 3 nitrogen and oxygen atoms in total. The molecule has 16 heavy (non-hydrogen) atoms. The zero-order chi connectivity index (χ0) is 11.6. The standard InChI is InChI=1S/C12H20N2OS/c1-3-6-14-7-5-13-11(14)9-12(15)4-8-16-10(12)2/h5,7,10,15H,3-4,6,8-9H2,1-2H3. The van der Waals surface area contributed by atoms with E-state index in [1.54, 1.807) is 0 Å². The highest BCUT2D eigenvalue weighted by atomic mass is 32.2. The Bertz CT molecular complexity index is 353. The van der Waals surface area contributed by atoms with Gasteiger partial charge in [-0.1, -0.05) is 13.8 Å². The number of thioether (sulfide) groups is 1. The molecule has 0 bridgehead atoms. The maximum absolute atomic E-state index is 10.6. The fourth-order valence-corrected chi connectivity index (χ4v) is 3.56. The van der Waals surface area contributed by atoms with E-state index in [1.165, 1.54) is 0 Å². The molecule has 1 saturated heterocycles. The van der Waals surface area contributed by atoms with Crippen LogP contribution in [0.25, 0.3) is 0 Å². The molecule has 0 amide bonds. The van der Waals surface area contributed by atoms with E-state index < -0.39 is 5.60 Å². The van der Waals surface area contributed by atoms with Gasteiger partial charge in [0.05, 0.1) is 5.60 Å². The van der Waals surface area contributed by atoms with Gasteiger partial charge in [-0.2, -0.15) is 11.8 Å². The minimum Gasteiger partial charge on any atom is -0.388 e. The fourth-order valence-electron chi connectivity index (χ4n) is 2.23. The lowest BCUT2D eigenvalue weighted by Crippen LogP contribution is -2.38. The first-order valence-corrected chi connectivity index (χ1v) is 7.04. The van der Waals surface area contributed by atoms with Crippen LogP contribution in [-0.2, 0) is 13.0 Å². The average Bonchev–Trinajstić information content (AvgIpc) is 2.78. The second kappa shape index (κ2) is 4.80. The summed E-state index contributed by atoms with van der Waals surface area (Å²) in [5.41, 5.74) is -0.554. The second-order valence-corrected chi connectivity index (χ2v) is 6.03. The summed E-state index contributed by atoms with van der Waals surface area (Å²) in [7, 11) is 0. The van der Waals surface area contributed by atoms with Crippen molar-refractivity contribution in [3.05, 3.63) is 18.2 Å². The molecule has 2 atom stereocenters. The zero-order valence-electron chi connectivity index (χ0n) is 10.0. The maximum atomic E-state index is 10.6. The van der Waals surface area contributed by atoms with Gasteiger partial charge in [-0.25, -0.2) is 4.98 Å². The van der Waals surface area contributed by atoms with Gasteiger partial charge in [-0.05, 0) is 18.6 Å². The topological polar surface area (TPSA) is 38.0 Å². The molecule has 90 valence electrons. The molecule has 0 saturated carbocycles. The molecule has 1 aromatic heterocycles. The van der Waals surface area contributed by atoms with Gasteiger partial charge in [-0.15, -0.1) is 0 Å². The molecule has 0 aliphatic carbocycles. The average molecular weight is 240 g/mol. The predicted molar refractivity (Wildman–Crippen MR) is 67.7 cm³/mol. The summed E-state index contributed by atoms with van der Waals surface area (Å²) < 4.78 is 2.16. The summed E-state index contributed by atoms with van der Waals surface area (Å²) in [6.45, 7) is 5.27. The lowest BCUT2D eigenvalue weighted by Gasteiger charge is -2.26. The van der Waals surface area contributed by atoms with Gasteiger partial charge in [0.15, 0.2) is 0 Å². The summed E-state index contributed by atoms with van der Waals surface area (Å²) in [5, 5.41) is 10.9. The number of aromatic nitrogens is 2. The van der Waals surface area contributed by atoms with Crippen LogP contribution in [0.5, 0.6) is 0 Å². The van der Waals surface area contributed by atoms with Crippen molar-refractivity contribution in [2.45, 2.75) is 50.5 Å². The van der Waals surface area contributed by atoms with Crippen molar-refractivity contribution in [3.8, 4) is 0 Å². The van der Waals surface area contributed by atoms with Gasteiger partial charge < -0.3 is 9.67 Å². The number of rotatable bonds is 4. The first-order valence-electron chi connectivity index (χ1n) is 5.99. The van der Waals surface area contributed by atoms with Crippen molar-refractivity contribution in [1.82, 2.24) is 9.55 Å². The van der Waals surface area contributed by atoms with Crippen LogP contribution in [0.1, 0.15) is 32.5 Å². The van der Waals surface area contributed by atoms with E-state index in [-0.39, 0.29) is 0 Å². The Kier molecular flexibility index (Phi) is 3.60. The summed E-state index contributed by atoms with van der Waals surface area (Å²) in [5.74, 6) is 2.09. The van der Waals surface area contributed by atoms with Gasteiger partial charge in [0, 0.05) is 30.6 Å². The van der Waals surface area contributed by atoms with Crippen molar-refractivity contribution < 1.29 is 5.11 Å². The summed E-state index contributed by atoms with van der Waals surface area (Å²) in [6, 6.07) is 0. The summed E-state index contributed by atoms with van der Waals surface area (Å²) in [4.78, 5) is 4.37. The van der Waals surface area contributed by atoms with E-state index in [1.807, 2.05) is 24.2 Å². The van der Waals surface area contributed by atoms with Crippen molar-refractivity contribution in [2.75, 3.05) is 5.75 Å². The normalized spacial score (nSPS) is 29.8. The SMILES string of the molecule is CCCn1ccnc1CC1(O)CCSC1C. The molecule has 0 radical (unpaired) electrons. The maximum Gasteiger partial charge on any atom is 0.111 e. The van der Waals surface area contributed by atoms with E-state index in [9.17, 15) is 5.11 Å². The van der Waals surface area contributed by atoms with Crippen LogP contribution >= 0.6 is 11.8 Å². The van der Waals surface area contributed by atoms with Gasteiger partial charge in [0.25, 0.3) is 0 Å². The smallest absolute Gasteiger partial charge is 0.111 e. The van der Waals surface area contributed by atoms with Crippen LogP contribution in [0.4, 0.5) is 0 Å². The molecule has 1 fully saturated rings. The van der Waals surface area contributed by atoms with E-state index in [0.717, 1.165) is 31.0 Å². The predicted octanol–water partition coefficient (Wildman–Crippen LogP) is 2.09. The Morgan fingerprint density at radius 2 is 2.50 bits per heavy atom. The van der Waals surface area contributed by atoms with Gasteiger partial charge in [0.2, 0.25) is 0 Å². The van der Waals surface area contributed by atoms with Gasteiger partial charge in [0.1, 0.15) is 5.82 Å². The molecular formula is C12H20N2OS. The molecule has 1 N–H and O–H groups in total. The molecule has 2 unspecified atom stereocenters. The number of nitrogens with zero attached hydrogens (tertiary/aromatic N) is 2. The van der Waals surface area contributed by atoms with Gasteiger partial charge >= 0.3 is 0 Å². The van der Waals surface area contributed by atoms with E-state index in [2.05, 4.69) is 23.4 Å². The highest BCUT2D eigenvalue weighted by Gasteiger charge is 2.39. The van der Waals surface area contributed by atoms with Gasteiger partial charge in [-0.3, -0.25) is 0 Å². The number of aliphatic hydroxyl groups is 1. The third kappa shape index (κ3) is 2.28. The monoisotopic (exact) mass is 240 g/mol. The first-order chi connectivity index (χ1) is 7.65. The summed E-state index contributed by atoms with van der Waals surface area (Å²) in [6.07, 6.45) is 6.52. The summed E-state index contributed by atoms with van der Waals surface area (Å²) >= 11 is 1.86. The Morgan fingerprint density at radius 3 is 3.12 bits per heavy atom. The lowest BCUT2D eigenvalue weighted by molar-refractivity contribution is 0.0436. The Labute approximate surface area is 101 Å². The number of hydrogen-bond donors (Lipinski definition) is 1. The molecule has 1 aromatic rings. The molecule has 2 rings (SSSR count). The van der Waals surface area contributed by atoms with Crippen molar-refractivity contribution in [3.63, 3.8) is 0 Å². The number of aryl methyl sites for hydroxylation is 1. The number of hydrogen-bond acceptors (Lipinski definition) is 3. The highest BCUT2D eigenvalue weighted by molar-refractivity contribution is 8.00. The fraction of sp³-hybridized carbons (Fsp3) is 0.750. The molecule has 1 aliphatic rings. The third-order valence-electron chi connectivity index (χ3n) is 3.39. The molecule has 1 aliphatic heterocycles. The number of imidazole rings is 1. The Morgan fingerprint density at radius 1 is 1.69 bits per heavy atom. The first kappa shape index (κ1) is 12.0. The van der Waals surface area contributed by atoms with Crippen molar-refractivity contribution in [1.29, 1.82) is 0 Å². The molecule has 4 heteroatoms. The Balaban J connectivity index is 2.10. The van der Waals surface area contributed by atoms with E-state index in [4.69, 9.17) is 0 Å². The quantitative estimate of drug-likeness (QED) is 0.876.